The molecular formula is C19H22FN3OS. The second kappa shape index (κ2) is 8.67. The van der Waals surface area contributed by atoms with Crippen LogP contribution in [0.2, 0.25) is 0 Å². The molecule has 0 saturated heterocycles. The summed E-state index contributed by atoms with van der Waals surface area (Å²) in [6.45, 7) is 3.47. The fourth-order valence-corrected chi connectivity index (χ4v) is 2.60. The number of hydrogen-bond acceptors (Lipinski definition) is 4. The molecule has 1 atom stereocenters. The standard InChI is InChI=1S/C17H16FN3O.C2H6S/c1-11(22)21-17(13-2-6-14(18)7-3-13)10-16(20-21)12-4-8-15(19)9-5-12;1-2-3/h2-9,17H,10,19H2,1H3;3H,2H2,1H3. The summed E-state index contributed by atoms with van der Waals surface area (Å²) in [4.78, 5) is 11.9. The number of carbonyl (C=O) groups is 1. The second-order valence-electron chi connectivity index (χ2n) is 5.62. The molecule has 1 amide bonds. The van der Waals surface area contributed by atoms with Gasteiger partial charge in [-0.15, -0.1) is 0 Å². The summed E-state index contributed by atoms with van der Waals surface area (Å²) in [5, 5.41) is 5.89. The summed E-state index contributed by atoms with van der Waals surface area (Å²) in [6, 6.07) is 13.4. The van der Waals surface area contributed by atoms with Crippen molar-refractivity contribution in [2.75, 3.05) is 11.5 Å². The molecule has 6 heteroatoms. The zero-order valence-corrected chi connectivity index (χ0v) is 15.2. The summed E-state index contributed by atoms with van der Waals surface area (Å²) in [5.74, 6) is 0.510. The molecule has 1 heterocycles. The molecule has 2 N–H and O–H groups in total. The van der Waals surface area contributed by atoms with Gasteiger partial charge in [-0.3, -0.25) is 4.79 Å². The molecule has 132 valence electrons. The lowest BCUT2D eigenvalue weighted by atomic mass is 9.98. The first-order valence-electron chi connectivity index (χ1n) is 8.05. The Balaban J connectivity index is 0.000000701. The minimum absolute atomic E-state index is 0.139. The third kappa shape index (κ3) is 4.82. The quantitative estimate of drug-likeness (QED) is 0.628. The van der Waals surface area contributed by atoms with Crippen LogP contribution in [0.4, 0.5) is 10.1 Å². The zero-order valence-electron chi connectivity index (χ0n) is 14.3. The van der Waals surface area contributed by atoms with Gasteiger partial charge in [-0.25, -0.2) is 9.40 Å². The molecule has 0 aromatic heterocycles. The van der Waals surface area contributed by atoms with Crippen molar-refractivity contribution >= 4 is 29.9 Å². The number of anilines is 1. The first-order valence-corrected chi connectivity index (χ1v) is 8.69. The number of nitrogen functional groups attached to an aromatic ring is 1. The molecule has 0 aliphatic carbocycles. The van der Waals surface area contributed by atoms with Crippen LogP contribution in [-0.4, -0.2) is 22.4 Å². The lowest BCUT2D eigenvalue weighted by molar-refractivity contribution is -0.130. The lowest BCUT2D eigenvalue weighted by Crippen LogP contribution is -2.24. The van der Waals surface area contributed by atoms with Crippen LogP contribution in [0.5, 0.6) is 0 Å². The molecule has 0 radical (unpaired) electrons. The first kappa shape index (κ1) is 19.0. The summed E-state index contributed by atoms with van der Waals surface area (Å²) in [5.41, 5.74) is 9.00. The molecule has 0 spiro atoms. The predicted octanol–water partition coefficient (Wildman–Crippen LogP) is 4.04. The molecule has 2 aromatic rings. The predicted molar refractivity (Wildman–Crippen MR) is 103 cm³/mol. The van der Waals surface area contributed by atoms with Crippen molar-refractivity contribution < 1.29 is 9.18 Å². The van der Waals surface area contributed by atoms with Gasteiger partial charge in [0.05, 0.1) is 11.8 Å². The highest BCUT2D eigenvalue weighted by Crippen LogP contribution is 2.32. The fourth-order valence-electron chi connectivity index (χ4n) is 2.60. The fraction of sp³-hybridized carbons (Fsp3) is 0.263. The third-order valence-corrected chi connectivity index (χ3v) is 3.73. The first-order chi connectivity index (χ1) is 12.0. The van der Waals surface area contributed by atoms with Crippen LogP contribution >= 0.6 is 12.6 Å². The van der Waals surface area contributed by atoms with Gasteiger partial charge in [0.2, 0.25) is 5.91 Å². The normalized spacial score (nSPS) is 16.1. The summed E-state index contributed by atoms with van der Waals surface area (Å²) in [7, 11) is 0. The van der Waals surface area contributed by atoms with Crippen LogP contribution in [0, 0.1) is 5.82 Å². The van der Waals surface area contributed by atoms with Gasteiger partial charge < -0.3 is 5.73 Å². The minimum Gasteiger partial charge on any atom is -0.399 e. The molecule has 0 fully saturated rings. The van der Waals surface area contributed by atoms with Gasteiger partial charge in [-0.05, 0) is 41.1 Å². The van der Waals surface area contributed by atoms with Gasteiger partial charge >= 0.3 is 0 Å². The Morgan fingerprint density at radius 3 is 2.32 bits per heavy atom. The van der Waals surface area contributed by atoms with Crippen molar-refractivity contribution in [2.24, 2.45) is 5.10 Å². The van der Waals surface area contributed by atoms with Gasteiger partial charge in [0.15, 0.2) is 0 Å². The van der Waals surface area contributed by atoms with E-state index in [-0.39, 0.29) is 17.8 Å². The van der Waals surface area contributed by atoms with E-state index < -0.39 is 0 Å². The SMILES string of the molecule is CC(=O)N1N=C(c2ccc(N)cc2)CC1c1ccc(F)cc1.CCS. The summed E-state index contributed by atoms with van der Waals surface area (Å²) in [6.07, 6.45) is 0.592. The van der Waals surface area contributed by atoms with Crippen molar-refractivity contribution in [3.8, 4) is 0 Å². The second-order valence-corrected chi connectivity index (χ2v) is 6.25. The van der Waals surface area contributed by atoms with Crippen molar-refractivity contribution in [1.82, 2.24) is 5.01 Å². The van der Waals surface area contributed by atoms with Gasteiger partial charge in [0.1, 0.15) is 5.82 Å². The average molecular weight is 359 g/mol. The van der Waals surface area contributed by atoms with E-state index in [2.05, 4.69) is 17.7 Å². The van der Waals surface area contributed by atoms with E-state index in [0.717, 1.165) is 22.6 Å². The Kier molecular flexibility index (Phi) is 6.58. The van der Waals surface area contributed by atoms with E-state index in [9.17, 15) is 9.18 Å². The number of carbonyl (C=O) groups excluding carboxylic acids is 1. The Labute approximate surface area is 152 Å². The van der Waals surface area contributed by atoms with Crippen molar-refractivity contribution in [3.05, 3.63) is 65.5 Å². The van der Waals surface area contributed by atoms with Crippen LogP contribution in [0.1, 0.15) is 37.4 Å². The van der Waals surface area contributed by atoms with E-state index in [1.807, 2.05) is 19.1 Å². The van der Waals surface area contributed by atoms with E-state index in [1.54, 1.807) is 24.3 Å². The van der Waals surface area contributed by atoms with Crippen molar-refractivity contribution in [1.29, 1.82) is 0 Å². The van der Waals surface area contributed by atoms with Crippen LogP contribution in [0.3, 0.4) is 0 Å². The van der Waals surface area contributed by atoms with Gasteiger partial charge in [-0.2, -0.15) is 17.7 Å². The van der Waals surface area contributed by atoms with Crippen LogP contribution in [0.15, 0.2) is 53.6 Å². The molecule has 1 aliphatic heterocycles. The van der Waals surface area contributed by atoms with Crippen LogP contribution in [0.25, 0.3) is 0 Å². The molecular weight excluding hydrogens is 337 g/mol. The smallest absolute Gasteiger partial charge is 0.240 e. The molecule has 25 heavy (non-hydrogen) atoms. The van der Waals surface area contributed by atoms with E-state index in [0.29, 0.717) is 12.1 Å². The monoisotopic (exact) mass is 359 g/mol. The van der Waals surface area contributed by atoms with Crippen molar-refractivity contribution in [3.63, 3.8) is 0 Å². The maximum atomic E-state index is 13.1. The van der Waals surface area contributed by atoms with E-state index in [1.165, 1.54) is 24.1 Å². The zero-order chi connectivity index (χ0) is 18.4. The molecule has 3 rings (SSSR count). The van der Waals surface area contributed by atoms with E-state index in [4.69, 9.17) is 5.73 Å². The lowest BCUT2D eigenvalue weighted by Gasteiger charge is -2.20. The van der Waals surface area contributed by atoms with Crippen LogP contribution in [-0.2, 0) is 4.79 Å². The molecule has 1 aliphatic rings. The van der Waals surface area contributed by atoms with E-state index >= 15 is 0 Å². The maximum Gasteiger partial charge on any atom is 0.240 e. The number of thiol groups is 1. The third-order valence-electron chi connectivity index (χ3n) is 3.73. The minimum atomic E-state index is -0.296. The Morgan fingerprint density at radius 2 is 1.80 bits per heavy atom. The maximum absolute atomic E-state index is 13.1. The number of nitrogens with zero attached hydrogens (tertiary/aromatic N) is 2. The Morgan fingerprint density at radius 1 is 1.24 bits per heavy atom. The summed E-state index contributed by atoms with van der Waals surface area (Å²) < 4.78 is 13.1. The van der Waals surface area contributed by atoms with Gasteiger partial charge in [0.25, 0.3) is 0 Å². The van der Waals surface area contributed by atoms with Gasteiger partial charge in [-0.1, -0.05) is 31.2 Å². The highest BCUT2D eigenvalue weighted by molar-refractivity contribution is 7.80. The molecule has 1 unspecified atom stereocenters. The number of rotatable bonds is 2. The number of hydrogen-bond donors (Lipinski definition) is 2. The van der Waals surface area contributed by atoms with Crippen molar-refractivity contribution in [2.45, 2.75) is 26.3 Å². The molecule has 4 nitrogen and oxygen atoms in total. The molecule has 0 bridgehead atoms. The average Bonchev–Trinajstić information content (AvgIpc) is 3.02. The number of benzene rings is 2. The molecule has 0 saturated carbocycles. The van der Waals surface area contributed by atoms with Gasteiger partial charge in [0, 0.05) is 19.0 Å². The number of amides is 1. The largest absolute Gasteiger partial charge is 0.399 e. The topological polar surface area (TPSA) is 58.7 Å². The molecule has 2 aromatic carbocycles. The number of halogens is 1. The Hall–Kier alpha value is -2.34. The summed E-state index contributed by atoms with van der Waals surface area (Å²) >= 11 is 3.79. The van der Waals surface area contributed by atoms with Crippen LogP contribution < -0.4 is 5.73 Å². The highest BCUT2D eigenvalue weighted by atomic mass is 32.1. The highest BCUT2D eigenvalue weighted by Gasteiger charge is 2.31. The number of nitrogens with two attached hydrogens (primary N) is 1. The Bertz CT molecular complexity index is 744. The number of hydrazone groups is 1.